The second kappa shape index (κ2) is 6.19. The summed E-state index contributed by atoms with van der Waals surface area (Å²) >= 11 is 5.10. The molecule has 0 heterocycles. The maximum absolute atomic E-state index is 5.77. The number of benzene rings is 1. The molecule has 1 aromatic carbocycles. The molecule has 0 spiro atoms. The van der Waals surface area contributed by atoms with Crippen molar-refractivity contribution in [3.63, 3.8) is 0 Å². The summed E-state index contributed by atoms with van der Waals surface area (Å²) in [6.45, 7) is 3.08. The molecule has 1 aliphatic carbocycles. The van der Waals surface area contributed by atoms with Gasteiger partial charge in [0, 0.05) is 17.8 Å². The van der Waals surface area contributed by atoms with Crippen LogP contribution in [0, 0.1) is 12.8 Å². The van der Waals surface area contributed by atoms with Gasteiger partial charge in [0.1, 0.15) is 4.99 Å². The Labute approximate surface area is 115 Å². The van der Waals surface area contributed by atoms with Crippen molar-refractivity contribution >= 4 is 22.9 Å². The maximum atomic E-state index is 5.77. The summed E-state index contributed by atoms with van der Waals surface area (Å²) in [4.78, 5) is 0.474. The first-order valence-corrected chi connectivity index (χ1v) is 7.22. The zero-order chi connectivity index (χ0) is 13.0. The molecule has 0 aliphatic heterocycles. The fraction of sp³-hybridized carbons (Fsp3) is 0.533. The third kappa shape index (κ3) is 3.45. The molecule has 0 aromatic heterocycles. The van der Waals surface area contributed by atoms with Crippen molar-refractivity contribution in [3.8, 4) is 0 Å². The van der Waals surface area contributed by atoms with Gasteiger partial charge in [-0.3, -0.25) is 0 Å². The van der Waals surface area contributed by atoms with E-state index in [9.17, 15) is 0 Å². The third-order valence-corrected chi connectivity index (χ3v) is 4.00. The van der Waals surface area contributed by atoms with Crippen LogP contribution in [0.2, 0.25) is 0 Å². The molecule has 3 heteroatoms. The van der Waals surface area contributed by atoms with E-state index in [4.69, 9.17) is 18.0 Å². The lowest BCUT2D eigenvalue weighted by Crippen LogP contribution is -2.15. The van der Waals surface area contributed by atoms with Crippen LogP contribution in [-0.4, -0.2) is 11.5 Å². The fourth-order valence-electron chi connectivity index (χ4n) is 2.73. The van der Waals surface area contributed by atoms with Crippen molar-refractivity contribution < 1.29 is 0 Å². The van der Waals surface area contributed by atoms with Crippen LogP contribution >= 0.6 is 12.2 Å². The predicted octanol–water partition coefficient (Wildman–Crippen LogP) is 3.62. The summed E-state index contributed by atoms with van der Waals surface area (Å²) in [5.41, 5.74) is 9.01. The Bertz CT molecular complexity index is 423. The Kier molecular flexibility index (Phi) is 4.59. The average molecular weight is 262 g/mol. The topological polar surface area (TPSA) is 38.0 Å². The van der Waals surface area contributed by atoms with Crippen molar-refractivity contribution in [1.29, 1.82) is 0 Å². The van der Waals surface area contributed by atoms with Crippen LogP contribution in [0.3, 0.4) is 0 Å². The van der Waals surface area contributed by atoms with Crippen LogP contribution in [0.1, 0.15) is 43.2 Å². The molecular formula is C15H22N2S. The van der Waals surface area contributed by atoms with Crippen molar-refractivity contribution in [3.05, 3.63) is 29.3 Å². The fourth-order valence-corrected chi connectivity index (χ4v) is 2.89. The second-order valence-corrected chi connectivity index (χ2v) is 5.72. The van der Waals surface area contributed by atoms with E-state index in [1.807, 2.05) is 0 Å². The number of anilines is 1. The Morgan fingerprint density at radius 3 is 2.78 bits per heavy atom. The predicted molar refractivity (Wildman–Crippen MR) is 82.1 cm³/mol. The summed E-state index contributed by atoms with van der Waals surface area (Å²) in [6.07, 6.45) is 6.88. The highest BCUT2D eigenvalue weighted by Crippen LogP contribution is 2.27. The van der Waals surface area contributed by atoms with Gasteiger partial charge in [0.2, 0.25) is 0 Å². The van der Waals surface area contributed by atoms with E-state index in [0.717, 1.165) is 23.7 Å². The number of thiocarbonyl (C=S) groups is 1. The van der Waals surface area contributed by atoms with Crippen LogP contribution in [0.5, 0.6) is 0 Å². The second-order valence-electron chi connectivity index (χ2n) is 5.28. The van der Waals surface area contributed by atoms with E-state index in [1.54, 1.807) is 0 Å². The molecule has 0 bridgehead atoms. The number of rotatable bonds is 5. The molecule has 1 aliphatic rings. The van der Waals surface area contributed by atoms with Crippen LogP contribution in [0.15, 0.2) is 18.2 Å². The molecule has 0 atom stereocenters. The minimum atomic E-state index is 0.474. The van der Waals surface area contributed by atoms with Crippen molar-refractivity contribution in [2.75, 3.05) is 11.9 Å². The molecule has 0 radical (unpaired) electrons. The molecule has 1 fully saturated rings. The van der Waals surface area contributed by atoms with Crippen molar-refractivity contribution in [1.82, 2.24) is 0 Å². The van der Waals surface area contributed by atoms with Gasteiger partial charge >= 0.3 is 0 Å². The SMILES string of the molecule is Cc1ccc(NCCC2CCCC2)c(C(N)=S)c1. The third-order valence-electron chi connectivity index (χ3n) is 3.78. The van der Waals surface area contributed by atoms with Crippen LogP contribution in [0.25, 0.3) is 0 Å². The van der Waals surface area contributed by atoms with E-state index < -0.39 is 0 Å². The normalized spacial score (nSPS) is 15.8. The number of nitrogens with two attached hydrogens (primary N) is 1. The largest absolute Gasteiger partial charge is 0.389 e. The lowest BCUT2D eigenvalue weighted by Gasteiger charge is -2.14. The van der Waals surface area contributed by atoms with Gasteiger partial charge in [0.05, 0.1) is 0 Å². The molecule has 0 saturated heterocycles. The highest BCUT2D eigenvalue weighted by Gasteiger charge is 2.14. The number of hydrogen-bond donors (Lipinski definition) is 2. The summed E-state index contributed by atoms with van der Waals surface area (Å²) < 4.78 is 0. The Morgan fingerprint density at radius 2 is 2.11 bits per heavy atom. The molecule has 1 saturated carbocycles. The van der Waals surface area contributed by atoms with Gasteiger partial charge in [-0.05, 0) is 31.4 Å². The molecule has 0 unspecified atom stereocenters. The smallest absolute Gasteiger partial charge is 0.106 e. The van der Waals surface area contributed by atoms with E-state index in [2.05, 4.69) is 30.4 Å². The quantitative estimate of drug-likeness (QED) is 0.796. The number of nitrogens with one attached hydrogen (secondary N) is 1. The molecule has 3 N–H and O–H groups in total. The van der Waals surface area contributed by atoms with Crippen LogP contribution in [-0.2, 0) is 0 Å². The van der Waals surface area contributed by atoms with Gasteiger partial charge in [0.25, 0.3) is 0 Å². The lowest BCUT2D eigenvalue weighted by molar-refractivity contribution is 0.518. The van der Waals surface area contributed by atoms with Gasteiger partial charge in [-0.25, -0.2) is 0 Å². The van der Waals surface area contributed by atoms with Crippen molar-refractivity contribution in [2.24, 2.45) is 11.7 Å². The number of aryl methyl sites for hydroxylation is 1. The molecule has 0 amide bonds. The monoisotopic (exact) mass is 262 g/mol. The van der Waals surface area contributed by atoms with E-state index in [0.29, 0.717) is 4.99 Å². The first kappa shape index (κ1) is 13.3. The Balaban J connectivity index is 1.93. The Hall–Kier alpha value is -1.09. The Morgan fingerprint density at radius 1 is 1.39 bits per heavy atom. The molecule has 1 aromatic rings. The minimum absolute atomic E-state index is 0.474. The van der Waals surface area contributed by atoms with Gasteiger partial charge < -0.3 is 11.1 Å². The standard InChI is InChI=1S/C15H22N2S/c1-11-6-7-14(13(10-11)15(16)18)17-9-8-12-4-2-3-5-12/h6-7,10,12,17H,2-5,8-9H2,1H3,(H2,16,18). The summed E-state index contributed by atoms with van der Waals surface area (Å²) in [6, 6.07) is 6.23. The van der Waals surface area contributed by atoms with Crippen LogP contribution < -0.4 is 11.1 Å². The molecule has 98 valence electrons. The summed E-state index contributed by atoms with van der Waals surface area (Å²) in [5.74, 6) is 0.913. The number of hydrogen-bond acceptors (Lipinski definition) is 2. The molecule has 18 heavy (non-hydrogen) atoms. The first-order chi connectivity index (χ1) is 8.66. The summed E-state index contributed by atoms with van der Waals surface area (Å²) in [5, 5.41) is 3.48. The van der Waals surface area contributed by atoms with E-state index in [1.165, 1.54) is 37.7 Å². The van der Waals surface area contributed by atoms with Crippen molar-refractivity contribution in [2.45, 2.75) is 39.0 Å². The van der Waals surface area contributed by atoms with E-state index in [-0.39, 0.29) is 0 Å². The molecule has 2 rings (SSSR count). The maximum Gasteiger partial charge on any atom is 0.106 e. The first-order valence-electron chi connectivity index (χ1n) is 6.81. The van der Waals surface area contributed by atoms with Gasteiger partial charge in [-0.1, -0.05) is 49.5 Å². The summed E-state index contributed by atoms with van der Waals surface area (Å²) in [7, 11) is 0. The highest BCUT2D eigenvalue weighted by atomic mass is 32.1. The van der Waals surface area contributed by atoms with E-state index >= 15 is 0 Å². The molecular weight excluding hydrogens is 240 g/mol. The lowest BCUT2D eigenvalue weighted by atomic mass is 10.0. The average Bonchev–Trinajstić information content (AvgIpc) is 2.84. The highest BCUT2D eigenvalue weighted by molar-refractivity contribution is 7.80. The van der Waals surface area contributed by atoms with Gasteiger partial charge in [-0.2, -0.15) is 0 Å². The van der Waals surface area contributed by atoms with Gasteiger partial charge in [0.15, 0.2) is 0 Å². The minimum Gasteiger partial charge on any atom is -0.389 e. The zero-order valence-electron chi connectivity index (χ0n) is 11.0. The zero-order valence-corrected chi connectivity index (χ0v) is 11.9. The molecule has 2 nitrogen and oxygen atoms in total. The van der Waals surface area contributed by atoms with Gasteiger partial charge in [-0.15, -0.1) is 0 Å². The van der Waals surface area contributed by atoms with Crippen LogP contribution in [0.4, 0.5) is 5.69 Å².